The lowest BCUT2D eigenvalue weighted by molar-refractivity contribution is -0.152. The zero-order chi connectivity index (χ0) is 30.2. The number of fused-ring (bicyclic) bond motifs is 2. The van der Waals surface area contributed by atoms with Gasteiger partial charge in [-0.25, -0.2) is 4.98 Å². The SMILES string of the molecule is CC1(C)[C@@H]2C[C@@H](N(CCn3cnc4cccc(Cl)c43)C(=O)c3cnn([C@H]4CC[C@](C)(C(=O)O)CC4)c3C(F)(F)F)C[C@@H]21. The molecule has 3 fully saturated rings. The maximum absolute atomic E-state index is 14.6. The number of aromatic nitrogens is 4. The molecule has 3 aromatic rings. The highest BCUT2D eigenvalue weighted by atomic mass is 35.5. The molecule has 1 N–H and O–H groups in total. The van der Waals surface area contributed by atoms with Crippen molar-refractivity contribution < 1.29 is 27.9 Å². The fourth-order valence-electron chi connectivity index (χ4n) is 7.58. The first-order valence-electron chi connectivity index (χ1n) is 14.5. The molecular weight excluding hydrogens is 571 g/mol. The monoisotopic (exact) mass is 605 g/mol. The molecule has 0 radical (unpaired) electrons. The van der Waals surface area contributed by atoms with Crippen LogP contribution in [0.3, 0.4) is 0 Å². The molecule has 12 heteroatoms. The summed E-state index contributed by atoms with van der Waals surface area (Å²) >= 11 is 6.43. The number of aliphatic carboxylic acids is 1. The van der Waals surface area contributed by atoms with Crippen molar-refractivity contribution in [1.82, 2.24) is 24.2 Å². The van der Waals surface area contributed by atoms with Gasteiger partial charge in [0.15, 0.2) is 5.69 Å². The smallest absolute Gasteiger partial charge is 0.433 e. The second kappa shape index (κ2) is 9.99. The molecule has 3 saturated carbocycles. The van der Waals surface area contributed by atoms with Crippen LogP contribution in [0.15, 0.2) is 30.7 Å². The fourth-order valence-corrected chi connectivity index (χ4v) is 7.86. The first-order valence-corrected chi connectivity index (χ1v) is 14.9. The van der Waals surface area contributed by atoms with Crippen molar-refractivity contribution >= 4 is 34.5 Å². The molecule has 0 saturated heterocycles. The molecule has 0 bridgehead atoms. The van der Waals surface area contributed by atoms with E-state index in [0.717, 1.165) is 29.2 Å². The number of hydrogen-bond donors (Lipinski definition) is 1. The van der Waals surface area contributed by atoms with Gasteiger partial charge < -0.3 is 14.6 Å². The Morgan fingerprint density at radius 2 is 1.81 bits per heavy atom. The number of carboxylic acid groups (broad SMARTS) is 1. The van der Waals surface area contributed by atoms with Gasteiger partial charge in [-0.15, -0.1) is 0 Å². The molecule has 6 rings (SSSR count). The van der Waals surface area contributed by atoms with E-state index in [2.05, 4.69) is 23.9 Å². The number of carbonyl (C=O) groups is 2. The molecule has 2 heterocycles. The van der Waals surface area contributed by atoms with E-state index in [4.69, 9.17) is 11.6 Å². The van der Waals surface area contributed by atoms with Crippen molar-refractivity contribution in [1.29, 1.82) is 0 Å². The number of halogens is 4. The topological polar surface area (TPSA) is 93.3 Å². The zero-order valence-electron chi connectivity index (χ0n) is 23.9. The quantitative estimate of drug-likeness (QED) is 0.324. The van der Waals surface area contributed by atoms with Crippen LogP contribution in [0.2, 0.25) is 5.02 Å². The molecular formula is C30H35ClF3N5O3. The first kappa shape index (κ1) is 29.0. The van der Waals surface area contributed by atoms with Gasteiger partial charge in [-0.2, -0.15) is 18.3 Å². The highest BCUT2D eigenvalue weighted by Crippen LogP contribution is 2.67. The Labute approximate surface area is 246 Å². The number of alkyl halides is 3. The number of amides is 1. The molecule has 1 amide bonds. The van der Waals surface area contributed by atoms with Gasteiger partial charge >= 0.3 is 12.1 Å². The number of benzene rings is 1. The van der Waals surface area contributed by atoms with Crippen LogP contribution in [0.25, 0.3) is 11.0 Å². The summed E-state index contributed by atoms with van der Waals surface area (Å²) in [5.74, 6) is -0.748. The Morgan fingerprint density at radius 1 is 1.14 bits per heavy atom. The van der Waals surface area contributed by atoms with Crippen LogP contribution < -0.4 is 0 Å². The van der Waals surface area contributed by atoms with E-state index >= 15 is 0 Å². The minimum Gasteiger partial charge on any atom is -0.481 e. The number of para-hydroxylation sites is 1. The number of carbonyl (C=O) groups excluding carboxylic acids is 1. The highest BCUT2D eigenvalue weighted by Gasteiger charge is 2.63. The van der Waals surface area contributed by atoms with Crippen molar-refractivity contribution in [3.05, 3.63) is 47.0 Å². The Morgan fingerprint density at radius 3 is 2.43 bits per heavy atom. The third-order valence-corrected chi connectivity index (χ3v) is 10.7. The predicted molar refractivity (Wildman–Crippen MR) is 150 cm³/mol. The normalized spacial score (nSPS) is 28.5. The van der Waals surface area contributed by atoms with Gasteiger partial charge in [-0.05, 0) is 74.8 Å². The van der Waals surface area contributed by atoms with Crippen LogP contribution in [0.4, 0.5) is 13.2 Å². The van der Waals surface area contributed by atoms with E-state index in [1.807, 2.05) is 10.6 Å². The molecule has 2 aromatic heterocycles. The van der Waals surface area contributed by atoms with Crippen molar-refractivity contribution in [2.75, 3.05) is 6.54 Å². The molecule has 226 valence electrons. The summed E-state index contributed by atoms with van der Waals surface area (Å²) in [6, 6.07) is 4.58. The summed E-state index contributed by atoms with van der Waals surface area (Å²) in [5, 5.41) is 14.2. The van der Waals surface area contributed by atoms with Crippen LogP contribution in [-0.4, -0.2) is 53.8 Å². The van der Waals surface area contributed by atoms with E-state index in [1.54, 1.807) is 30.3 Å². The lowest BCUT2D eigenvalue weighted by Crippen LogP contribution is -2.43. The second-order valence-corrected chi connectivity index (χ2v) is 13.6. The fraction of sp³-hybridized carbons (Fsp3) is 0.600. The van der Waals surface area contributed by atoms with Crippen molar-refractivity contribution in [2.24, 2.45) is 22.7 Å². The molecule has 3 aliphatic carbocycles. The van der Waals surface area contributed by atoms with Gasteiger partial charge in [0, 0.05) is 19.1 Å². The van der Waals surface area contributed by atoms with Crippen LogP contribution in [0.5, 0.6) is 0 Å². The summed E-state index contributed by atoms with van der Waals surface area (Å²) in [4.78, 5) is 31.8. The maximum atomic E-state index is 14.6. The number of hydrogen-bond acceptors (Lipinski definition) is 4. The average Bonchev–Trinajstić information content (AvgIpc) is 3.48. The minimum absolute atomic E-state index is 0.179. The van der Waals surface area contributed by atoms with E-state index in [1.165, 1.54) is 0 Å². The molecule has 0 aliphatic heterocycles. The van der Waals surface area contributed by atoms with Crippen LogP contribution in [-0.2, 0) is 17.5 Å². The third kappa shape index (κ3) is 4.77. The largest absolute Gasteiger partial charge is 0.481 e. The van der Waals surface area contributed by atoms with Crippen molar-refractivity contribution in [3.63, 3.8) is 0 Å². The molecule has 1 aromatic carbocycles. The predicted octanol–water partition coefficient (Wildman–Crippen LogP) is 6.69. The highest BCUT2D eigenvalue weighted by molar-refractivity contribution is 6.34. The average molecular weight is 606 g/mol. The van der Waals surface area contributed by atoms with E-state index < -0.39 is 40.8 Å². The van der Waals surface area contributed by atoms with Crippen molar-refractivity contribution in [2.45, 2.75) is 84.1 Å². The standard InChI is InChI=1S/C30H35ClF3N5O3/c1-28(2)20-13-18(14-21(20)28)38(12-11-37-16-35-23-6-4-5-22(31)24(23)37)26(40)19-15-36-39(25(19)30(32,33)34)17-7-9-29(3,10-8-17)27(41)42/h4-6,15-18,20-21H,7-14H2,1-3H3,(H,41,42)/t17-,18-,20-,21+,29-. The lowest BCUT2D eigenvalue weighted by Gasteiger charge is -2.35. The summed E-state index contributed by atoms with van der Waals surface area (Å²) in [5.41, 5.74) is -0.877. The minimum atomic E-state index is -4.81. The number of nitrogens with zero attached hydrogens (tertiary/aromatic N) is 5. The van der Waals surface area contributed by atoms with Crippen LogP contribution in [0.1, 0.15) is 81.4 Å². The van der Waals surface area contributed by atoms with E-state index in [0.29, 0.717) is 28.9 Å². The van der Waals surface area contributed by atoms with Crippen LogP contribution >= 0.6 is 11.6 Å². The summed E-state index contributed by atoms with van der Waals surface area (Å²) in [6.45, 7) is 6.55. The number of rotatable bonds is 7. The number of carboxylic acids is 1. The summed E-state index contributed by atoms with van der Waals surface area (Å²) in [6.07, 6.45) is 0.327. The summed E-state index contributed by atoms with van der Waals surface area (Å²) < 4.78 is 46.6. The maximum Gasteiger partial charge on any atom is 0.433 e. The zero-order valence-corrected chi connectivity index (χ0v) is 24.6. The molecule has 3 aliphatic rings. The van der Waals surface area contributed by atoms with Crippen molar-refractivity contribution in [3.8, 4) is 0 Å². The first-order chi connectivity index (χ1) is 19.7. The molecule has 3 atom stereocenters. The number of imidazole rings is 1. The Balaban J connectivity index is 1.30. The van der Waals surface area contributed by atoms with Gasteiger partial charge in [0.25, 0.3) is 5.91 Å². The van der Waals surface area contributed by atoms with Gasteiger partial charge in [0.1, 0.15) is 0 Å². The van der Waals surface area contributed by atoms with E-state index in [9.17, 15) is 27.9 Å². The van der Waals surface area contributed by atoms with Gasteiger partial charge in [0.2, 0.25) is 0 Å². The third-order valence-electron chi connectivity index (χ3n) is 10.4. The molecule has 8 nitrogen and oxygen atoms in total. The molecule has 0 spiro atoms. The van der Waals surface area contributed by atoms with Crippen LogP contribution in [0, 0.1) is 22.7 Å². The second-order valence-electron chi connectivity index (χ2n) is 13.1. The Bertz CT molecular complexity index is 1520. The Hall–Kier alpha value is -3.08. The van der Waals surface area contributed by atoms with Gasteiger partial charge in [0.05, 0.1) is 45.6 Å². The lowest BCUT2D eigenvalue weighted by atomic mass is 9.74. The Kier molecular flexibility index (Phi) is 6.90. The summed E-state index contributed by atoms with van der Waals surface area (Å²) in [7, 11) is 0. The molecule has 0 unspecified atom stereocenters. The molecule has 42 heavy (non-hydrogen) atoms. The van der Waals surface area contributed by atoms with Gasteiger partial charge in [-0.3, -0.25) is 14.3 Å². The van der Waals surface area contributed by atoms with E-state index in [-0.39, 0.29) is 43.7 Å². The van der Waals surface area contributed by atoms with Gasteiger partial charge in [-0.1, -0.05) is 31.5 Å².